The summed E-state index contributed by atoms with van der Waals surface area (Å²) in [7, 11) is 0. The van der Waals surface area contributed by atoms with Crippen molar-refractivity contribution in [2.24, 2.45) is 0 Å². The molecule has 0 fully saturated rings. The molecule has 0 amide bonds. The first kappa shape index (κ1) is 16.5. The third-order valence-electron chi connectivity index (χ3n) is 4.84. The third kappa shape index (κ3) is 4.35. The summed E-state index contributed by atoms with van der Waals surface area (Å²) in [5.74, 6) is 1.11. The molecule has 0 heteroatoms. The largest absolute Gasteiger partial charge is 0.0622 e. The maximum Gasteiger partial charge on any atom is -0.0150 e. The molecule has 0 saturated carbocycles. The van der Waals surface area contributed by atoms with E-state index in [1.807, 2.05) is 0 Å². The van der Waals surface area contributed by atoms with E-state index in [0.29, 0.717) is 11.8 Å². The minimum absolute atomic E-state index is 0.556. The van der Waals surface area contributed by atoms with E-state index in [9.17, 15) is 0 Å². The molecule has 3 aromatic rings. The van der Waals surface area contributed by atoms with Crippen LogP contribution in [0.5, 0.6) is 0 Å². The van der Waals surface area contributed by atoms with Gasteiger partial charge in [-0.1, -0.05) is 98.8 Å². The zero-order valence-electron chi connectivity index (χ0n) is 14.7. The first-order chi connectivity index (χ1) is 11.7. The summed E-state index contributed by atoms with van der Waals surface area (Å²) in [6, 6.07) is 30.7. The first-order valence-corrected chi connectivity index (χ1v) is 8.90. The van der Waals surface area contributed by atoms with E-state index in [2.05, 4.69) is 98.8 Å². The van der Waals surface area contributed by atoms with Crippen LogP contribution in [0, 0.1) is 0 Å². The van der Waals surface area contributed by atoms with Crippen molar-refractivity contribution in [3.63, 3.8) is 0 Å². The lowest BCUT2D eigenvalue weighted by molar-refractivity contribution is 0.749. The van der Waals surface area contributed by atoms with Crippen LogP contribution in [0.15, 0.2) is 84.9 Å². The van der Waals surface area contributed by atoms with Crippen LogP contribution in [-0.4, -0.2) is 0 Å². The molecule has 3 aromatic carbocycles. The molecule has 0 radical (unpaired) electrons. The average molecular weight is 314 g/mol. The van der Waals surface area contributed by atoms with Crippen LogP contribution >= 0.6 is 0 Å². The predicted molar refractivity (Wildman–Crippen MR) is 104 cm³/mol. The molecular weight excluding hydrogens is 288 g/mol. The summed E-state index contributed by atoms with van der Waals surface area (Å²) < 4.78 is 0. The highest BCUT2D eigenvalue weighted by atomic mass is 14.1. The summed E-state index contributed by atoms with van der Waals surface area (Å²) in [5.41, 5.74) is 5.67. The lowest BCUT2D eigenvalue weighted by atomic mass is 9.91. The molecule has 0 nitrogen and oxygen atoms in total. The van der Waals surface area contributed by atoms with Gasteiger partial charge in [0.2, 0.25) is 0 Å². The average Bonchev–Trinajstić information content (AvgIpc) is 2.65. The Morgan fingerprint density at radius 2 is 0.833 bits per heavy atom. The fraction of sp³-hybridized carbons (Fsp3) is 0.250. The van der Waals surface area contributed by atoms with Crippen molar-refractivity contribution in [2.45, 2.75) is 38.5 Å². The molecular formula is C24H26. The van der Waals surface area contributed by atoms with E-state index < -0.39 is 0 Å². The van der Waals surface area contributed by atoms with Gasteiger partial charge in [0.15, 0.2) is 0 Å². The van der Waals surface area contributed by atoms with E-state index in [-0.39, 0.29) is 0 Å². The smallest absolute Gasteiger partial charge is 0.0150 e. The fourth-order valence-corrected chi connectivity index (χ4v) is 3.32. The van der Waals surface area contributed by atoms with Gasteiger partial charge < -0.3 is 0 Å². The Hall–Kier alpha value is -2.34. The summed E-state index contributed by atoms with van der Waals surface area (Å²) in [6.45, 7) is 4.61. The van der Waals surface area contributed by atoms with Gasteiger partial charge in [0.1, 0.15) is 0 Å². The van der Waals surface area contributed by atoms with Gasteiger partial charge in [-0.2, -0.15) is 0 Å². The third-order valence-corrected chi connectivity index (χ3v) is 4.84. The molecule has 3 rings (SSSR count). The van der Waals surface area contributed by atoms with Crippen LogP contribution in [0.2, 0.25) is 0 Å². The molecule has 0 aliphatic rings. The summed E-state index contributed by atoms with van der Waals surface area (Å²) in [4.78, 5) is 0. The second kappa shape index (κ2) is 7.97. The molecule has 2 unspecified atom stereocenters. The van der Waals surface area contributed by atoms with Crippen molar-refractivity contribution >= 4 is 0 Å². The van der Waals surface area contributed by atoms with Crippen molar-refractivity contribution in [3.8, 4) is 0 Å². The fourth-order valence-electron chi connectivity index (χ4n) is 3.32. The molecule has 0 heterocycles. The van der Waals surface area contributed by atoms with Crippen molar-refractivity contribution in [1.82, 2.24) is 0 Å². The Morgan fingerprint density at radius 3 is 1.17 bits per heavy atom. The van der Waals surface area contributed by atoms with Crippen LogP contribution in [0.25, 0.3) is 0 Å². The Kier molecular flexibility index (Phi) is 5.48. The summed E-state index contributed by atoms with van der Waals surface area (Å²) >= 11 is 0. The van der Waals surface area contributed by atoms with Crippen LogP contribution in [0.3, 0.4) is 0 Å². The first-order valence-electron chi connectivity index (χ1n) is 8.90. The quantitative estimate of drug-likeness (QED) is 0.495. The molecule has 0 saturated heterocycles. The second-order valence-electron chi connectivity index (χ2n) is 6.85. The molecule has 0 aromatic heterocycles. The SMILES string of the molecule is CC(Cc1ccc(CC(C)c2ccccc2)cc1)c1ccccc1. The Labute approximate surface area is 146 Å². The lowest BCUT2D eigenvalue weighted by Gasteiger charge is -2.14. The highest BCUT2D eigenvalue weighted by Crippen LogP contribution is 2.23. The molecule has 24 heavy (non-hydrogen) atoms. The Morgan fingerprint density at radius 1 is 0.500 bits per heavy atom. The maximum atomic E-state index is 2.31. The molecule has 0 N–H and O–H groups in total. The second-order valence-corrected chi connectivity index (χ2v) is 6.85. The number of hydrogen-bond donors (Lipinski definition) is 0. The van der Waals surface area contributed by atoms with Crippen LogP contribution in [0.1, 0.15) is 47.9 Å². The van der Waals surface area contributed by atoms with Gasteiger partial charge >= 0.3 is 0 Å². The van der Waals surface area contributed by atoms with Crippen LogP contribution in [0.4, 0.5) is 0 Å². The minimum Gasteiger partial charge on any atom is -0.0622 e. The van der Waals surface area contributed by atoms with Crippen LogP contribution < -0.4 is 0 Å². The van der Waals surface area contributed by atoms with Gasteiger partial charge in [0.25, 0.3) is 0 Å². The van der Waals surface area contributed by atoms with Crippen molar-refractivity contribution in [1.29, 1.82) is 0 Å². The van der Waals surface area contributed by atoms with E-state index in [1.165, 1.54) is 22.3 Å². The highest BCUT2D eigenvalue weighted by Gasteiger charge is 2.08. The molecule has 0 aliphatic heterocycles. The number of benzene rings is 3. The summed E-state index contributed by atoms with van der Waals surface area (Å²) in [6.07, 6.45) is 2.19. The molecule has 0 spiro atoms. The van der Waals surface area contributed by atoms with Crippen molar-refractivity contribution in [2.75, 3.05) is 0 Å². The molecule has 0 bridgehead atoms. The Bertz CT molecular complexity index is 660. The molecule has 0 aliphatic carbocycles. The van der Waals surface area contributed by atoms with E-state index in [4.69, 9.17) is 0 Å². The van der Waals surface area contributed by atoms with Crippen molar-refractivity contribution < 1.29 is 0 Å². The zero-order valence-corrected chi connectivity index (χ0v) is 14.7. The van der Waals surface area contributed by atoms with E-state index in [1.54, 1.807) is 0 Å². The molecule has 122 valence electrons. The summed E-state index contributed by atoms with van der Waals surface area (Å²) in [5, 5.41) is 0. The molecule has 2 atom stereocenters. The number of hydrogen-bond acceptors (Lipinski definition) is 0. The standard InChI is InChI=1S/C24H26/c1-19(23-9-5-3-6-10-23)17-21-13-15-22(16-14-21)18-20(2)24-11-7-4-8-12-24/h3-16,19-20H,17-18H2,1-2H3. The monoisotopic (exact) mass is 314 g/mol. The normalized spacial score (nSPS) is 13.4. The van der Waals surface area contributed by atoms with E-state index >= 15 is 0 Å². The maximum absolute atomic E-state index is 2.31. The lowest BCUT2D eigenvalue weighted by Crippen LogP contribution is -2.00. The van der Waals surface area contributed by atoms with Gasteiger partial charge in [0.05, 0.1) is 0 Å². The topological polar surface area (TPSA) is 0 Å². The van der Waals surface area contributed by atoms with Crippen molar-refractivity contribution in [3.05, 3.63) is 107 Å². The highest BCUT2D eigenvalue weighted by molar-refractivity contribution is 5.28. The number of rotatable bonds is 6. The van der Waals surface area contributed by atoms with Gasteiger partial charge in [-0.25, -0.2) is 0 Å². The minimum atomic E-state index is 0.556. The predicted octanol–water partition coefficient (Wildman–Crippen LogP) is 6.38. The van der Waals surface area contributed by atoms with Gasteiger partial charge in [-0.15, -0.1) is 0 Å². The Balaban J connectivity index is 1.61. The zero-order chi connectivity index (χ0) is 16.8. The van der Waals surface area contributed by atoms with Gasteiger partial charge in [-0.05, 0) is 46.9 Å². The van der Waals surface area contributed by atoms with Gasteiger partial charge in [0, 0.05) is 0 Å². The van der Waals surface area contributed by atoms with Gasteiger partial charge in [-0.3, -0.25) is 0 Å². The van der Waals surface area contributed by atoms with E-state index in [0.717, 1.165) is 12.8 Å². The van der Waals surface area contributed by atoms with Crippen LogP contribution in [-0.2, 0) is 12.8 Å².